The number of nitrogens with one attached hydrogen (secondary N) is 2. The molecule has 0 spiro atoms. The molecule has 21 heavy (non-hydrogen) atoms. The lowest BCUT2D eigenvalue weighted by Gasteiger charge is -2.40. The van der Waals surface area contributed by atoms with Crippen LogP contribution in [0.3, 0.4) is 0 Å². The standard InChI is InChI=1S/C16H35N5/c1-13(2)11-18-16(17-5)19-12-15(14(3)4)21-9-7-20(6)8-10-21/h13-15H,7-12H2,1-6H3,(H2,17,18,19). The van der Waals surface area contributed by atoms with E-state index < -0.39 is 0 Å². The summed E-state index contributed by atoms with van der Waals surface area (Å²) in [5.41, 5.74) is 0. The minimum atomic E-state index is 0.566. The maximum atomic E-state index is 4.32. The van der Waals surface area contributed by atoms with E-state index in [4.69, 9.17) is 0 Å². The fraction of sp³-hybridized carbons (Fsp3) is 0.938. The quantitative estimate of drug-likeness (QED) is 0.569. The Morgan fingerprint density at radius 1 is 1.00 bits per heavy atom. The van der Waals surface area contributed by atoms with Crippen molar-refractivity contribution in [1.82, 2.24) is 20.4 Å². The van der Waals surface area contributed by atoms with E-state index in [9.17, 15) is 0 Å². The van der Waals surface area contributed by atoms with Crippen molar-refractivity contribution in [3.63, 3.8) is 0 Å². The van der Waals surface area contributed by atoms with Gasteiger partial charge in [-0.25, -0.2) is 0 Å². The van der Waals surface area contributed by atoms with E-state index in [1.807, 2.05) is 7.05 Å². The van der Waals surface area contributed by atoms with E-state index >= 15 is 0 Å². The van der Waals surface area contributed by atoms with Gasteiger partial charge in [0.05, 0.1) is 0 Å². The first-order chi connectivity index (χ1) is 9.93. The molecule has 0 amide bonds. The Labute approximate surface area is 131 Å². The van der Waals surface area contributed by atoms with Crippen LogP contribution in [0.2, 0.25) is 0 Å². The van der Waals surface area contributed by atoms with Crippen molar-refractivity contribution < 1.29 is 0 Å². The Kier molecular flexibility index (Phi) is 8.04. The molecule has 1 fully saturated rings. The Morgan fingerprint density at radius 2 is 1.57 bits per heavy atom. The second-order valence-electron chi connectivity index (χ2n) is 6.88. The van der Waals surface area contributed by atoms with Crippen molar-refractivity contribution in [2.75, 3.05) is 53.4 Å². The van der Waals surface area contributed by atoms with Crippen LogP contribution in [0.4, 0.5) is 0 Å². The number of rotatable bonds is 6. The van der Waals surface area contributed by atoms with Crippen molar-refractivity contribution in [2.24, 2.45) is 16.8 Å². The molecule has 1 heterocycles. The first-order valence-electron chi connectivity index (χ1n) is 8.31. The molecule has 2 N–H and O–H groups in total. The van der Waals surface area contributed by atoms with Crippen molar-refractivity contribution >= 4 is 5.96 Å². The Hall–Kier alpha value is -0.810. The molecule has 0 bridgehead atoms. The van der Waals surface area contributed by atoms with Crippen molar-refractivity contribution in [1.29, 1.82) is 0 Å². The molecule has 1 saturated heterocycles. The third kappa shape index (κ3) is 6.66. The van der Waals surface area contributed by atoms with Crippen molar-refractivity contribution in [3.8, 4) is 0 Å². The second-order valence-corrected chi connectivity index (χ2v) is 6.88. The summed E-state index contributed by atoms with van der Waals surface area (Å²) in [5, 5.41) is 6.88. The molecule has 0 saturated carbocycles. The molecule has 0 aromatic heterocycles. The van der Waals surface area contributed by atoms with Gasteiger partial charge in [0.25, 0.3) is 0 Å². The average Bonchev–Trinajstić information content (AvgIpc) is 2.43. The van der Waals surface area contributed by atoms with Crippen LogP contribution in [0.15, 0.2) is 4.99 Å². The number of nitrogens with zero attached hydrogens (tertiary/aromatic N) is 3. The van der Waals surface area contributed by atoms with Gasteiger partial charge in [-0.1, -0.05) is 27.7 Å². The van der Waals surface area contributed by atoms with Gasteiger partial charge in [0.2, 0.25) is 0 Å². The molecule has 1 atom stereocenters. The van der Waals surface area contributed by atoms with Gasteiger partial charge in [-0.3, -0.25) is 9.89 Å². The van der Waals surface area contributed by atoms with E-state index in [0.717, 1.165) is 19.0 Å². The number of likely N-dealkylation sites (N-methyl/N-ethyl adjacent to an activating group) is 1. The number of hydrogen-bond donors (Lipinski definition) is 2. The van der Waals surface area contributed by atoms with Gasteiger partial charge >= 0.3 is 0 Å². The molecule has 1 rings (SSSR count). The van der Waals surface area contributed by atoms with Crippen LogP contribution in [0.1, 0.15) is 27.7 Å². The number of guanidine groups is 1. The fourth-order valence-electron chi connectivity index (χ4n) is 2.66. The Balaban J connectivity index is 2.46. The molecule has 0 aliphatic carbocycles. The van der Waals surface area contributed by atoms with Crippen LogP contribution in [0.25, 0.3) is 0 Å². The number of hydrogen-bond acceptors (Lipinski definition) is 3. The fourth-order valence-corrected chi connectivity index (χ4v) is 2.66. The lowest BCUT2D eigenvalue weighted by Crippen LogP contribution is -2.55. The molecule has 1 aliphatic rings. The minimum absolute atomic E-state index is 0.566. The molecular formula is C16H35N5. The van der Waals surface area contributed by atoms with Crippen LogP contribution in [0.5, 0.6) is 0 Å². The molecule has 124 valence electrons. The molecule has 0 aromatic carbocycles. The summed E-state index contributed by atoms with van der Waals surface area (Å²) in [6, 6.07) is 0.566. The van der Waals surface area contributed by atoms with Crippen molar-refractivity contribution in [3.05, 3.63) is 0 Å². The molecule has 0 aromatic rings. The summed E-state index contributed by atoms with van der Waals surface area (Å²) in [6.45, 7) is 15.6. The van der Waals surface area contributed by atoms with E-state index in [0.29, 0.717) is 17.9 Å². The predicted molar refractivity (Wildman–Crippen MR) is 91.9 cm³/mol. The molecule has 0 radical (unpaired) electrons. The first-order valence-corrected chi connectivity index (χ1v) is 8.31. The van der Waals surface area contributed by atoms with E-state index in [1.54, 1.807) is 0 Å². The molecule has 1 unspecified atom stereocenters. The zero-order valence-electron chi connectivity index (χ0n) is 14.8. The van der Waals surface area contributed by atoms with Crippen LogP contribution < -0.4 is 10.6 Å². The normalized spacial score (nSPS) is 20.1. The number of piperazine rings is 1. The zero-order valence-corrected chi connectivity index (χ0v) is 14.8. The topological polar surface area (TPSA) is 42.9 Å². The monoisotopic (exact) mass is 297 g/mol. The van der Waals surface area contributed by atoms with Gasteiger partial charge in [-0.05, 0) is 18.9 Å². The van der Waals surface area contributed by atoms with Gasteiger partial charge in [0.15, 0.2) is 5.96 Å². The third-order valence-electron chi connectivity index (χ3n) is 4.16. The Bertz CT molecular complexity index is 306. The van der Waals surface area contributed by atoms with E-state index in [2.05, 4.69) is 60.2 Å². The highest BCUT2D eigenvalue weighted by molar-refractivity contribution is 5.79. The Morgan fingerprint density at radius 3 is 2.05 bits per heavy atom. The van der Waals surface area contributed by atoms with Crippen LogP contribution in [-0.4, -0.2) is 75.2 Å². The lowest BCUT2D eigenvalue weighted by molar-refractivity contribution is 0.0900. The number of aliphatic imine (C=N–C) groups is 1. The summed E-state index contributed by atoms with van der Waals surface area (Å²) in [5.74, 6) is 2.19. The summed E-state index contributed by atoms with van der Waals surface area (Å²) in [6.07, 6.45) is 0. The molecule has 5 heteroatoms. The zero-order chi connectivity index (χ0) is 15.8. The van der Waals surface area contributed by atoms with Gasteiger partial charge in [0.1, 0.15) is 0 Å². The second kappa shape index (κ2) is 9.26. The highest BCUT2D eigenvalue weighted by Crippen LogP contribution is 2.12. The van der Waals surface area contributed by atoms with Gasteiger partial charge in [-0.15, -0.1) is 0 Å². The highest BCUT2D eigenvalue weighted by atomic mass is 15.3. The van der Waals surface area contributed by atoms with Gasteiger partial charge in [0, 0.05) is 52.4 Å². The molecular weight excluding hydrogens is 262 g/mol. The molecule has 5 nitrogen and oxygen atoms in total. The first kappa shape index (κ1) is 18.2. The summed E-state index contributed by atoms with van der Waals surface area (Å²) in [7, 11) is 4.05. The van der Waals surface area contributed by atoms with Crippen molar-refractivity contribution in [2.45, 2.75) is 33.7 Å². The maximum Gasteiger partial charge on any atom is 0.191 e. The van der Waals surface area contributed by atoms with Crippen LogP contribution >= 0.6 is 0 Å². The predicted octanol–water partition coefficient (Wildman–Crippen LogP) is 1.08. The SMILES string of the molecule is CN=C(NCC(C)C)NCC(C(C)C)N1CCN(C)CC1. The average molecular weight is 297 g/mol. The molecule has 1 aliphatic heterocycles. The third-order valence-corrected chi connectivity index (χ3v) is 4.16. The highest BCUT2D eigenvalue weighted by Gasteiger charge is 2.24. The lowest BCUT2D eigenvalue weighted by atomic mass is 10.0. The maximum absolute atomic E-state index is 4.32. The van der Waals surface area contributed by atoms with E-state index in [1.165, 1.54) is 26.2 Å². The van der Waals surface area contributed by atoms with Crippen LogP contribution in [-0.2, 0) is 0 Å². The minimum Gasteiger partial charge on any atom is -0.356 e. The van der Waals surface area contributed by atoms with Gasteiger partial charge in [-0.2, -0.15) is 0 Å². The smallest absolute Gasteiger partial charge is 0.191 e. The summed E-state index contributed by atoms with van der Waals surface area (Å²) in [4.78, 5) is 9.34. The summed E-state index contributed by atoms with van der Waals surface area (Å²) >= 11 is 0. The largest absolute Gasteiger partial charge is 0.356 e. The van der Waals surface area contributed by atoms with Crippen LogP contribution in [0, 0.1) is 11.8 Å². The van der Waals surface area contributed by atoms with Gasteiger partial charge < -0.3 is 15.5 Å². The van der Waals surface area contributed by atoms with E-state index in [-0.39, 0.29) is 0 Å². The summed E-state index contributed by atoms with van der Waals surface area (Å²) < 4.78 is 0.